The molecule has 7 heteroatoms. The van der Waals surface area contributed by atoms with Gasteiger partial charge in [-0.2, -0.15) is 15.0 Å². The van der Waals surface area contributed by atoms with E-state index in [0.717, 1.165) is 10.2 Å². The maximum absolute atomic E-state index is 5.50. The van der Waals surface area contributed by atoms with Crippen molar-refractivity contribution in [3.63, 3.8) is 0 Å². The summed E-state index contributed by atoms with van der Waals surface area (Å²) in [5.41, 5.74) is 12.3. The lowest BCUT2D eigenvalue weighted by Crippen LogP contribution is -2.06. The summed E-state index contributed by atoms with van der Waals surface area (Å²) >= 11 is 5.11. The van der Waals surface area contributed by atoms with Gasteiger partial charge < -0.3 is 11.5 Å². The third kappa shape index (κ3) is 3.85. The molecular weight excluding hydrogens is 314 g/mol. The predicted octanol–water partition coefficient (Wildman–Crippen LogP) is 2.23. The molecule has 0 unspecified atom stereocenters. The molecule has 0 radical (unpaired) electrons. The molecule has 0 aliphatic heterocycles. The molecule has 2 rings (SSSR count). The summed E-state index contributed by atoms with van der Waals surface area (Å²) in [6, 6.07) is 8.20. The highest BCUT2D eigenvalue weighted by molar-refractivity contribution is 9.10. The van der Waals surface area contributed by atoms with Crippen LogP contribution in [0, 0.1) is 0 Å². The Bertz CT molecular complexity index is 511. The monoisotopic (exact) mass is 325 g/mol. The summed E-state index contributed by atoms with van der Waals surface area (Å²) in [4.78, 5) is 11.8. The highest BCUT2D eigenvalue weighted by atomic mass is 79.9. The highest BCUT2D eigenvalue weighted by Gasteiger charge is 2.02. The molecule has 4 N–H and O–H groups in total. The first-order chi connectivity index (χ1) is 8.63. The zero-order chi connectivity index (χ0) is 13.0. The molecule has 0 saturated carbocycles. The van der Waals surface area contributed by atoms with Crippen LogP contribution in [0.3, 0.4) is 0 Å². The lowest BCUT2D eigenvalue weighted by molar-refractivity contribution is 0.987. The van der Waals surface area contributed by atoms with Crippen LogP contribution < -0.4 is 11.5 Å². The standard InChI is InChI=1S/C11H12BrN5S/c12-8-3-1-7(2-4-8)5-18-6-9-15-10(13)17-11(14)16-9/h1-4H,5-6H2,(H4,13,14,15,16,17). The first-order valence-electron chi connectivity index (χ1n) is 5.21. The second-order valence-corrected chi connectivity index (χ2v) is 5.49. The fraction of sp³-hybridized carbons (Fsp3) is 0.182. The summed E-state index contributed by atoms with van der Waals surface area (Å²) in [6.07, 6.45) is 0. The van der Waals surface area contributed by atoms with Gasteiger partial charge >= 0.3 is 0 Å². The molecule has 0 atom stereocenters. The molecule has 18 heavy (non-hydrogen) atoms. The molecule has 1 aromatic heterocycles. The van der Waals surface area contributed by atoms with Crippen LogP contribution in [0.25, 0.3) is 0 Å². The lowest BCUT2D eigenvalue weighted by Gasteiger charge is -2.03. The van der Waals surface area contributed by atoms with Gasteiger partial charge in [0.2, 0.25) is 11.9 Å². The molecule has 1 heterocycles. The number of halogens is 1. The normalized spacial score (nSPS) is 10.5. The van der Waals surface area contributed by atoms with Crippen LogP contribution >= 0.6 is 27.7 Å². The van der Waals surface area contributed by atoms with Gasteiger partial charge in [-0.15, -0.1) is 11.8 Å². The van der Waals surface area contributed by atoms with Gasteiger partial charge in [0.05, 0.1) is 5.75 Å². The zero-order valence-corrected chi connectivity index (χ0v) is 11.9. The molecule has 5 nitrogen and oxygen atoms in total. The van der Waals surface area contributed by atoms with E-state index < -0.39 is 0 Å². The fourth-order valence-corrected chi connectivity index (χ4v) is 2.47. The molecule has 94 valence electrons. The minimum Gasteiger partial charge on any atom is -0.368 e. The molecule has 2 aromatic rings. The van der Waals surface area contributed by atoms with Crippen molar-refractivity contribution in [1.82, 2.24) is 15.0 Å². The fourth-order valence-electron chi connectivity index (χ4n) is 1.36. The van der Waals surface area contributed by atoms with Crippen LogP contribution in [0.2, 0.25) is 0 Å². The van der Waals surface area contributed by atoms with Gasteiger partial charge in [0.25, 0.3) is 0 Å². The van der Waals surface area contributed by atoms with E-state index in [0.29, 0.717) is 11.6 Å². The van der Waals surface area contributed by atoms with Gasteiger partial charge in [0, 0.05) is 10.2 Å². The Balaban J connectivity index is 1.90. The number of nitrogen functional groups attached to an aromatic ring is 2. The summed E-state index contributed by atoms with van der Waals surface area (Å²) in [5, 5.41) is 0. The average Bonchev–Trinajstić information content (AvgIpc) is 2.30. The number of anilines is 2. The van der Waals surface area contributed by atoms with Crippen molar-refractivity contribution in [2.45, 2.75) is 11.5 Å². The maximum atomic E-state index is 5.50. The number of aromatic nitrogens is 3. The second-order valence-electron chi connectivity index (χ2n) is 3.59. The molecule has 0 bridgehead atoms. The predicted molar refractivity (Wildman–Crippen MR) is 77.8 cm³/mol. The van der Waals surface area contributed by atoms with Crippen LogP contribution in [0.5, 0.6) is 0 Å². The summed E-state index contributed by atoms with van der Waals surface area (Å²) < 4.78 is 1.08. The van der Waals surface area contributed by atoms with Crippen molar-refractivity contribution in [1.29, 1.82) is 0 Å². The van der Waals surface area contributed by atoms with Crippen LogP contribution in [0.4, 0.5) is 11.9 Å². The Morgan fingerprint density at radius 1 is 0.944 bits per heavy atom. The third-order valence-corrected chi connectivity index (χ3v) is 3.66. The van der Waals surface area contributed by atoms with Gasteiger partial charge in [-0.25, -0.2) is 0 Å². The van der Waals surface area contributed by atoms with Crippen molar-refractivity contribution in [2.24, 2.45) is 0 Å². The molecule has 0 spiro atoms. The van der Waals surface area contributed by atoms with Crippen molar-refractivity contribution in [3.8, 4) is 0 Å². The molecule has 0 fully saturated rings. The van der Waals surface area contributed by atoms with E-state index in [1.165, 1.54) is 5.56 Å². The number of hydrogen-bond acceptors (Lipinski definition) is 6. The largest absolute Gasteiger partial charge is 0.368 e. The average molecular weight is 326 g/mol. The van der Waals surface area contributed by atoms with Crippen molar-refractivity contribution in [2.75, 3.05) is 11.5 Å². The van der Waals surface area contributed by atoms with Gasteiger partial charge in [-0.3, -0.25) is 0 Å². The smallest absolute Gasteiger partial charge is 0.225 e. The number of nitrogens with zero attached hydrogens (tertiary/aromatic N) is 3. The quantitative estimate of drug-likeness (QED) is 0.895. The highest BCUT2D eigenvalue weighted by Crippen LogP contribution is 2.18. The van der Waals surface area contributed by atoms with Gasteiger partial charge in [0.1, 0.15) is 5.82 Å². The summed E-state index contributed by atoms with van der Waals surface area (Å²) in [6.45, 7) is 0. The lowest BCUT2D eigenvalue weighted by atomic mass is 10.2. The number of thioether (sulfide) groups is 1. The summed E-state index contributed by atoms with van der Waals surface area (Å²) in [7, 11) is 0. The van der Waals surface area contributed by atoms with Crippen LogP contribution in [0.1, 0.15) is 11.4 Å². The molecule has 0 aliphatic carbocycles. The van der Waals surface area contributed by atoms with E-state index in [-0.39, 0.29) is 11.9 Å². The first-order valence-corrected chi connectivity index (χ1v) is 7.16. The van der Waals surface area contributed by atoms with Crippen molar-refractivity contribution in [3.05, 3.63) is 40.1 Å². The Kier molecular flexibility index (Phi) is 4.38. The minimum absolute atomic E-state index is 0.168. The van der Waals surface area contributed by atoms with Crippen molar-refractivity contribution < 1.29 is 0 Å². The molecule has 0 amide bonds. The van der Waals surface area contributed by atoms with Crippen LogP contribution in [-0.2, 0) is 11.5 Å². The van der Waals surface area contributed by atoms with Gasteiger partial charge in [0.15, 0.2) is 0 Å². The zero-order valence-electron chi connectivity index (χ0n) is 9.51. The van der Waals surface area contributed by atoms with E-state index in [9.17, 15) is 0 Å². The molecule has 0 saturated heterocycles. The number of hydrogen-bond donors (Lipinski definition) is 2. The molecular formula is C11H12BrN5S. The Morgan fingerprint density at radius 3 is 2.17 bits per heavy atom. The van der Waals surface area contributed by atoms with E-state index in [2.05, 4.69) is 43.0 Å². The second kappa shape index (κ2) is 6.01. The van der Waals surface area contributed by atoms with E-state index in [4.69, 9.17) is 11.5 Å². The van der Waals surface area contributed by atoms with E-state index >= 15 is 0 Å². The van der Waals surface area contributed by atoms with Crippen molar-refractivity contribution >= 4 is 39.6 Å². The topological polar surface area (TPSA) is 90.7 Å². The third-order valence-electron chi connectivity index (χ3n) is 2.13. The molecule has 1 aromatic carbocycles. The van der Waals surface area contributed by atoms with Crippen LogP contribution in [0.15, 0.2) is 28.7 Å². The van der Waals surface area contributed by atoms with Crippen LogP contribution in [-0.4, -0.2) is 15.0 Å². The van der Waals surface area contributed by atoms with Gasteiger partial charge in [-0.05, 0) is 17.7 Å². The van der Waals surface area contributed by atoms with E-state index in [1.807, 2.05) is 12.1 Å². The molecule has 0 aliphatic rings. The minimum atomic E-state index is 0.168. The maximum Gasteiger partial charge on any atom is 0.225 e. The Labute approximate surface area is 118 Å². The Morgan fingerprint density at radius 2 is 1.56 bits per heavy atom. The van der Waals surface area contributed by atoms with Gasteiger partial charge in [-0.1, -0.05) is 28.1 Å². The number of nitrogens with two attached hydrogens (primary N) is 2. The van der Waals surface area contributed by atoms with E-state index in [1.54, 1.807) is 11.8 Å². The SMILES string of the molecule is Nc1nc(N)nc(CSCc2ccc(Br)cc2)n1. The first kappa shape index (κ1) is 13.1. The number of benzene rings is 1. The number of rotatable bonds is 4. The summed E-state index contributed by atoms with van der Waals surface area (Å²) in [5.74, 6) is 2.50. The Hall–Kier alpha value is -1.34.